The van der Waals surface area contributed by atoms with Crippen LogP contribution in [0.15, 0.2) is 49.0 Å². The summed E-state index contributed by atoms with van der Waals surface area (Å²) >= 11 is 6.36. The molecule has 0 bridgehead atoms. The quantitative estimate of drug-likeness (QED) is 0.312. The first-order chi connectivity index (χ1) is 17.3. The molecule has 36 heavy (non-hydrogen) atoms. The Balaban J connectivity index is 1.45. The summed E-state index contributed by atoms with van der Waals surface area (Å²) in [5.41, 5.74) is 8.64. The molecule has 0 radical (unpaired) electrons. The van der Waals surface area contributed by atoms with E-state index < -0.39 is 0 Å². The maximum atomic E-state index is 6.36. The number of benzene rings is 2. The van der Waals surface area contributed by atoms with Crippen molar-refractivity contribution in [1.29, 1.82) is 0 Å². The second-order valence-corrected chi connectivity index (χ2v) is 11.0. The van der Waals surface area contributed by atoms with Gasteiger partial charge in [0.15, 0.2) is 5.82 Å². The van der Waals surface area contributed by atoms with E-state index in [2.05, 4.69) is 85.6 Å². The minimum Gasteiger partial charge on any atom is -0.339 e. The molecule has 0 amide bonds. The first-order valence-corrected chi connectivity index (χ1v) is 13.8. The lowest BCUT2D eigenvalue weighted by atomic mass is 9.98. The Kier molecular flexibility index (Phi) is 8.92. The minimum absolute atomic E-state index is 0.671. The Morgan fingerprint density at radius 1 is 1.06 bits per heavy atom. The number of aryl methyl sites for hydroxylation is 2. The molecular weight excluding hydrogens is 464 g/mol. The van der Waals surface area contributed by atoms with Gasteiger partial charge in [-0.15, -0.1) is 0 Å². The first-order valence-electron chi connectivity index (χ1n) is 13.4. The van der Waals surface area contributed by atoms with Crippen LogP contribution in [0.1, 0.15) is 67.1 Å². The van der Waals surface area contributed by atoms with E-state index in [4.69, 9.17) is 16.7 Å². The van der Waals surface area contributed by atoms with Gasteiger partial charge in [0, 0.05) is 35.6 Å². The van der Waals surface area contributed by atoms with Gasteiger partial charge >= 0.3 is 0 Å². The third kappa shape index (κ3) is 6.80. The molecule has 2 aromatic carbocycles. The second kappa shape index (κ2) is 12.1. The molecule has 1 aliphatic heterocycles. The molecule has 0 spiro atoms. The van der Waals surface area contributed by atoms with Gasteiger partial charge in [-0.05, 0) is 97.5 Å². The molecular formula is C31H41ClN4. The van der Waals surface area contributed by atoms with E-state index in [1.54, 1.807) is 0 Å². The van der Waals surface area contributed by atoms with Crippen LogP contribution in [0.5, 0.6) is 0 Å². The largest absolute Gasteiger partial charge is 0.339 e. The lowest BCUT2D eigenvalue weighted by Gasteiger charge is -2.18. The van der Waals surface area contributed by atoms with Crippen LogP contribution in [0.4, 0.5) is 5.82 Å². The molecule has 0 atom stereocenters. The summed E-state index contributed by atoms with van der Waals surface area (Å²) in [6.45, 7) is 17.4. The monoisotopic (exact) mass is 504 g/mol. The van der Waals surface area contributed by atoms with Gasteiger partial charge in [-0.25, -0.2) is 0 Å². The fourth-order valence-corrected chi connectivity index (χ4v) is 5.24. The van der Waals surface area contributed by atoms with Gasteiger partial charge in [-0.1, -0.05) is 57.2 Å². The zero-order valence-corrected chi connectivity index (χ0v) is 23.2. The Hall–Kier alpha value is -2.56. The van der Waals surface area contributed by atoms with Gasteiger partial charge in [0.05, 0.1) is 6.54 Å². The van der Waals surface area contributed by atoms with Crippen molar-refractivity contribution in [2.75, 3.05) is 25.0 Å². The molecule has 4 rings (SSSR count). The Morgan fingerprint density at radius 2 is 1.83 bits per heavy atom. The van der Waals surface area contributed by atoms with E-state index >= 15 is 0 Å². The van der Waals surface area contributed by atoms with Gasteiger partial charge in [0.25, 0.3) is 0 Å². The van der Waals surface area contributed by atoms with Gasteiger partial charge in [0.2, 0.25) is 0 Å². The predicted octanol–water partition coefficient (Wildman–Crippen LogP) is 7.38. The molecule has 192 valence electrons. The van der Waals surface area contributed by atoms with Crippen molar-refractivity contribution in [3.05, 3.63) is 87.6 Å². The molecule has 0 saturated heterocycles. The van der Waals surface area contributed by atoms with Crippen LogP contribution in [0, 0.1) is 12.8 Å². The number of anilines is 1. The summed E-state index contributed by atoms with van der Waals surface area (Å²) in [7, 11) is 0. The van der Waals surface area contributed by atoms with Crippen molar-refractivity contribution in [1.82, 2.24) is 14.7 Å². The molecule has 0 aliphatic carbocycles. The fourth-order valence-electron chi connectivity index (χ4n) is 5.05. The lowest BCUT2D eigenvalue weighted by Crippen LogP contribution is -2.27. The van der Waals surface area contributed by atoms with Crippen molar-refractivity contribution >= 4 is 23.1 Å². The average molecular weight is 505 g/mol. The summed E-state index contributed by atoms with van der Waals surface area (Å²) in [6.07, 6.45) is 5.66. The van der Waals surface area contributed by atoms with Crippen molar-refractivity contribution in [3.63, 3.8) is 0 Å². The SMILES string of the molecule is C=C(Nc1cc(C)n(Cc2cc(Cl)ccc2CCC(C)C)n1)c1ccc2c(c1)CCN(CCC)CC2. The molecule has 0 fully saturated rings. The van der Waals surface area contributed by atoms with Crippen LogP contribution in [0.25, 0.3) is 5.70 Å². The van der Waals surface area contributed by atoms with E-state index in [9.17, 15) is 0 Å². The summed E-state index contributed by atoms with van der Waals surface area (Å²) in [6, 6.07) is 15.1. The molecule has 0 unspecified atom stereocenters. The predicted molar refractivity (Wildman–Crippen MR) is 154 cm³/mol. The summed E-state index contributed by atoms with van der Waals surface area (Å²) in [5, 5.41) is 9.10. The second-order valence-electron chi connectivity index (χ2n) is 10.6. The first kappa shape index (κ1) is 26.5. The van der Waals surface area contributed by atoms with Gasteiger partial charge in [-0.2, -0.15) is 5.10 Å². The third-order valence-corrected chi connectivity index (χ3v) is 7.46. The minimum atomic E-state index is 0.671. The maximum Gasteiger partial charge on any atom is 0.152 e. The van der Waals surface area contributed by atoms with Crippen LogP contribution in [0.3, 0.4) is 0 Å². The smallest absolute Gasteiger partial charge is 0.152 e. The summed E-state index contributed by atoms with van der Waals surface area (Å²) in [5.74, 6) is 1.50. The molecule has 4 nitrogen and oxygen atoms in total. The third-order valence-electron chi connectivity index (χ3n) is 7.23. The van der Waals surface area contributed by atoms with Gasteiger partial charge in [0.1, 0.15) is 0 Å². The summed E-state index contributed by atoms with van der Waals surface area (Å²) < 4.78 is 2.06. The number of halogens is 1. The Labute approximate surface area is 222 Å². The summed E-state index contributed by atoms with van der Waals surface area (Å²) in [4.78, 5) is 2.58. The average Bonchev–Trinajstić information content (AvgIpc) is 3.05. The number of nitrogens with zero attached hydrogens (tertiary/aromatic N) is 3. The lowest BCUT2D eigenvalue weighted by molar-refractivity contribution is 0.288. The van der Waals surface area contributed by atoms with E-state index in [-0.39, 0.29) is 0 Å². The van der Waals surface area contributed by atoms with E-state index in [1.807, 2.05) is 6.07 Å². The highest BCUT2D eigenvalue weighted by atomic mass is 35.5. The highest BCUT2D eigenvalue weighted by Gasteiger charge is 2.15. The number of hydrogen-bond acceptors (Lipinski definition) is 3. The molecule has 2 heterocycles. The van der Waals surface area contributed by atoms with Crippen molar-refractivity contribution < 1.29 is 0 Å². The van der Waals surface area contributed by atoms with Crippen LogP contribution in [-0.4, -0.2) is 34.3 Å². The molecule has 1 aromatic heterocycles. The van der Waals surface area contributed by atoms with Crippen LogP contribution >= 0.6 is 11.6 Å². The van der Waals surface area contributed by atoms with Crippen molar-refractivity contribution in [3.8, 4) is 0 Å². The van der Waals surface area contributed by atoms with Crippen molar-refractivity contribution in [2.45, 2.75) is 66.3 Å². The number of aromatic nitrogens is 2. The van der Waals surface area contributed by atoms with E-state index in [0.717, 1.165) is 66.6 Å². The zero-order valence-electron chi connectivity index (χ0n) is 22.4. The zero-order chi connectivity index (χ0) is 25.7. The number of hydrogen-bond donors (Lipinski definition) is 1. The number of nitrogens with one attached hydrogen (secondary N) is 1. The molecule has 3 aromatic rings. The fraction of sp³-hybridized carbons (Fsp3) is 0.452. The standard InChI is InChI=1S/C31H41ClN4/c1-6-15-35-16-13-26-9-10-27(19-28(26)14-17-35)24(5)33-31-18-23(4)36(34-31)21-29-20-30(32)12-11-25(29)8-7-22(2)3/h9-12,18-20,22H,5-8,13-17,21H2,1-4H3,(H,33,34). The molecule has 1 N–H and O–H groups in total. The topological polar surface area (TPSA) is 33.1 Å². The van der Waals surface area contributed by atoms with Crippen LogP contribution < -0.4 is 5.32 Å². The Morgan fingerprint density at radius 3 is 2.58 bits per heavy atom. The maximum absolute atomic E-state index is 6.36. The number of rotatable bonds is 10. The van der Waals surface area contributed by atoms with Gasteiger partial charge < -0.3 is 10.2 Å². The van der Waals surface area contributed by atoms with Gasteiger partial charge in [-0.3, -0.25) is 4.68 Å². The van der Waals surface area contributed by atoms with Crippen molar-refractivity contribution in [2.24, 2.45) is 5.92 Å². The number of fused-ring (bicyclic) bond motifs is 1. The molecule has 1 aliphatic rings. The Bertz CT molecular complexity index is 1190. The normalized spacial score (nSPS) is 14.1. The van der Waals surface area contributed by atoms with Crippen LogP contribution in [-0.2, 0) is 25.8 Å². The highest BCUT2D eigenvalue weighted by Crippen LogP contribution is 2.25. The molecule has 0 saturated carbocycles. The van der Waals surface area contributed by atoms with E-state index in [1.165, 1.54) is 35.2 Å². The molecule has 5 heteroatoms. The van der Waals surface area contributed by atoms with E-state index in [0.29, 0.717) is 12.5 Å². The van der Waals surface area contributed by atoms with Crippen LogP contribution in [0.2, 0.25) is 5.02 Å². The highest BCUT2D eigenvalue weighted by molar-refractivity contribution is 6.30.